The van der Waals surface area contributed by atoms with Crippen molar-refractivity contribution < 1.29 is 9.53 Å². The van der Waals surface area contributed by atoms with Crippen molar-refractivity contribution in [3.8, 4) is 17.0 Å². The van der Waals surface area contributed by atoms with E-state index in [4.69, 9.17) is 16.3 Å². The van der Waals surface area contributed by atoms with Crippen molar-refractivity contribution >= 4 is 17.5 Å². The largest absolute Gasteiger partial charge is 0.496 e. The number of benzene rings is 1. The van der Waals surface area contributed by atoms with Gasteiger partial charge in [0.25, 0.3) is 5.91 Å². The van der Waals surface area contributed by atoms with E-state index < -0.39 is 0 Å². The van der Waals surface area contributed by atoms with Crippen molar-refractivity contribution in [1.82, 2.24) is 15.3 Å². The van der Waals surface area contributed by atoms with Gasteiger partial charge < -0.3 is 10.1 Å². The van der Waals surface area contributed by atoms with Crippen molar-refractivity contribution in [3.63, 3.8) is 0 Å². The summed E-state index contributed by atoms with van der Waals surface area (Å²) in [6.45, 7) is 0.333. The maximum absolute atomic E-state index is 12.5. The zero-order valence-corrected chi connectivity index (χ0v) is 14.3. The second-order valence-electron chi connectivity index (χ2n) is 5.27. The van der Waals surface area contributed by atoms with E-state index in [0.717, 1.165) is 16.8 Å². The molecule has 0 fully saturated rings. The van der Waals surface area contributed by atoms with E-state index in [9.17, 15) is 4.79 Å². The highest BCUT2D eigenvalue weighted by Gasteiger charge is 2.14. The Balaban J connectivity index is 1.81. The third kappa shape index (κ3) is 3.95. The lowest BCUT2D eigenvalue weighted by Crippen LogP contribution is -2.23. The van der Waals surface area contributed by atoms with Crippen molar-refractivity contribution in [2.75, 3.05) is 7.11 Å². The highest BCUT2D eigenvalue weighted by Crippen LogP contribution is 2.23. The van der Waals surface area contributed by atoms with E-state index in [2.05, 4.69) is 15.3 Å². The third-order valence-electron chi connectivity index (χ3n) is 3.69. The van der Waals surface area contributed by atoms with E-state index in [1.165, 1.54) is 7.11 Å². The van der Waals surface area contributed by atoms with Gasteiger partial charge in [-0.1, -0.05) is 17.7 Å². The second-order valence-corrected chi connectivity index (χ2v) is 5.71. The van der Waals surface area contributed by atoms with Crippen molar-refractivity contribution in [3.05, 3.63) is 77.2 Å². The Morgan fingerprint density at radius 1 is 1.16 bits per heavy atom. The molecule has 0 saturated carbocycles. The van der Waals surface area contributed by atoms with Crippen LogP contribution in [0.2, 0.25) is 5.02 Å². The molecule has 6 heteroatoms. The van der Waals surface area contributed by atoms with Crippen LogP contribution in [0.3, 0.4) is 0 Å². The molecular formula is C19H16ClN3O2. The Labute approximate surface area is 150 Å². The molecule has 0 bridgehead atoms. The minimum absolute atomic E-state index is 0.260. The fraction of sp³-hybridized carbons (Fsp3) is 0.105. The number of aromatic nitrogens is 2. The van der Waals surface area contributed by atoms with Crippen LogP contribution in [-0.2, 0) is 6.54 Å². The van der Waals surface area contributed by atoms with Gasteiger partial charge in [0.1, 0.15) is 5.75 Å². The molecule has 3 rings (SSSR count). The molecule has 2 aromatic heterocycles. The molecule has 0 spiro atoms. The predicted molar refractivity (Wildman–Crippen MR) is 96.6 cm³/mol. The number of pyridine rings is 2. The molecule has 0 aliphatic carbocycles. The Morgan fingerprint density at radius 2 is 1.96 bits per heavy atom. The molecule has 0 aliphatic rings. The first-order valence-corrected chi connectivity index (χ1v) is 8.03. The summed E-state index contributed by atoms with van der Waals surface area (Å²) in [6.07, 6.45) is 5.15. The molecule has 5 nitrogen and oxygen atoms in total. The summed E-state index contributed by atoms with van der Waals surface area (Å²) in [5, 5.41) is 3.37. The Morgan fingerprint density at radius 3 is 2.72 bits per heavy atom. The number of carbonyl (C=O) groups is 1. The van der Waals surface area contributed by atoms with E-state index >= 15 is 0 Å². The fourth-order valence-electron chi connectivity index (χ4n) is 2.48. The molecule has 0 saturated heterocycles. The van der Waals surface area contributed by atoms with Gasteiger partial charge in [-0.3, -0.25) is 14.8 Å². The van der Waals surface area contributed by atoms with Crippen LogP contribution in [0.4, 0.5) is 0 Å². The van der Waals surface area contributed by atoms with Gasteiger partial charge >= 0.3 is 0 Å². The number of ether oxygens (including phenoxy) is 1. The average Bonchev–Trinajstić information content (AvgIpc) is 2.67. The predicted octanol–water partition coefficient (Wildman–Crippen LogP) is 3.74. The van der Waals surface area contributed by atoms with E-state index in [0.29, 0.717) is 22.9 Å². The molecule has 1 N–H and O–H groups in total. The van der Waals surface area contributed by atoms with Gasteiger partial charge in [-0.15, -0.1) is 0 Å². The van der Waals surface area contributed by atoms with Gasteiger partial charge in [0.2, 0.25) is 0 Å². The Kier molecular flexibility index (Phi) is 5.26. The van der Waals surface area contributed by atoms with Crippen molar-refractivity contribution in [2.24, 2.45) is 0 Å². The minimum Gasteiger partial charge on any atom is -0.496 e. The lowest BCUT2D eigenvalue weighted by Gasteiger charge is -2.12. The lowest BCUT2D eigenvalue weighted by molar-refractivity contribution is 0.0948. The first-order valence-electron chi connectivity index (χ1n) is 7.65. The summed E-state index contributed by atoms with van der Waals surface area (Å²) >= 11 is 5.99. The molecule has 0 atom stereocenters. The SMILES string of the molecule is COc1ccc(Cl)cc1C(=O)NCc1cccnc1-c1ccncc1. The Hall–Kier alpha value is -2.92. The second kappa shape index (κ2) is 7.77. The molecule has 0 unspecified atom stereocenters. The van der Waals surface area contributed by atoms with Crippen molar-refractivity contribution in [2.45, 2.75) is 6.54 Å². The maximum atomic E-state index is 12.5. The minimum atomic E-state index is -0.260. The fourth-order valence-corrected chi connectivity index (χ4v) is 2.65. The standard InChI is InChI=1S/C19H16ClN3O2/c1-25-17-5-4-15(20)11-16(17)19(24)23-12-14-3-2-8-22-18(14)13-6-9-21-10-7-13/h2-11H,12H2,1H3,(H,23,24). The molecule has 1 amide bonds. The number of amides is 1. The number of methoxy groups -OCH3 is 1. The number of nitrogens with zero attached hydrogens (tertiary/aromatic N) is 2. The molecule has 3 aromatic rings. The van der Waals surface area contributed by atoms with Crippen LogP contribution in [0.5, 0.6) is 5.75 Å². The summed E-state index contributed by atoms with van der Waals surface area (Å²) in [5.41, 5.74) is 3.05. The molecule has 0 aliphatic heterocycles. The number of nitrogens with one attached hydrogen (secondary N) is 1. The molecule has 1 aromatic carbocycles. The summed E-state index contributed by atoms with van der Waals surface area (Å²) < 4.78 is 5.23. The highest BCUT2D eigenvalue weighted by molar-refractivity contribution is 6.31. The van der Waals surface area contributed by atoms with Crippen LogP contribution < -0.4 is 10.1 Å². The first-order chi connectivity index (χ1) is 12.2. The maximum Gasteiger partial charge on any atom is 0.255 e. The van der Waals surface area contributed by atoms with Crippen LogP contribution in [0.1, 0.15) is 15.9 Å². The van der Waals surface area contributed by atoms with Crippen LogP contribution in [0.25, 0.3) is 11.3 Å². The van der Waals surface area contributed by atoms with Gasteiger partial charge in [0.15, 0.2) is 0 Å². The van der Waals surface area contributed by atoms with E-state index in [-0.39, 0.29) is 5.91 Å². The number of halogens is 1. The number of rotatable bonds is 5. The van der Waals surface area contributed by atoms with Crippen LogP contribution in [0, 0.1) is 0 Å². The van der Waals surface area contributed by atoms with Crippen LogP contribution >= 0.6 is 11.6 Å². The van der Waals surface area contributed by atoms with Gasteiger partial charge in [-0.05, 0) is 42.0 Å². The van der Waals surface area contributed by atoms with Gasteiger partial charge in [0.05, 0.1) is 18.4 Å². The summed E-state index contributed by atoms with van der Waals surface area (Å²) in [7, 11) is 1.52. The monoisotopic (exact) mass is 353 g/mol. The zero-order chi connectivity index (χ0) is 17.6. The van der Waals surface area contributed by atoms with Gasteiger partial charge in [0, 0.05) is 35.7 Å². The summed E-state index contributed by atoms with van der Waals surface area (Å²) in [6, 6.07) is 12.5. The molecule has 25 heavy (non-hydrogen) atoms. The Bertz CT molecular complexity index is 885. The van der Waals surface area contributed by atoms with Gasteiger partial charge in [-0.25, -0.2) is 0 Å². The molecule has 126 valence electrons. The molecule has 0 radical (unpaired) electrons. The zero-order valence-electron chi connectivity index (χ0n) is 13.6. The number of hydrogen-bond acceptors (Lipinski definition) is 4. The summed E-state index contributed by atoms with van der Waals surface area (Å²) in [5.74, 6) is 0.214. The third-order valence-corrected chi connectivity index (χ3v) is 3.93. The lowest BCUT2D eigenvalue weighted by atomic mass is 10.1. The smallest absolute Gasteiger partial charge is 0.255 e. The number of carbonyl (C=O) groups excluding carboxylic acids is 1. The molecule has 2 heterocycles. The van der Waals surface area contributed by atoms with Crippen LogP contribution in [0.15, 0.2) is 61.1 Å². The summed E-state index contributed by atoms with van der Waals surface area (Å²) in [4.78, 5) is 21.0. The van der Waals surface area contributed by atoms with Gasteiger partial charge in [-0.2, -0.15) is 0 Å². The first kappa shape index (κ1) is 16.9. The number of hydrogen-bond donors (Lipinski definition) is 1. The van der Waals surface area contributed by atoms with E-state index in [1.807, 2.05) is 24.3 Å². The normalized spacial score (nSPS) is 10.3. The highest BCUT2D eigenvalue weighted by atomic mass is 35.5. The molecular weight excluding hydrogens is 338 g/mol. The van der Waals surface area contributed by atoms with Crippen LogP contribution in [-0.4, -0.2) is 23.0 Å². The quantitative estimate of drug-likeness (QED) is 0.759. The topological polar surface area (TPSA) is 64.1 Å². The average molecular weight is 354 g/mol. The van der Waals surface area contributed by atoms with E-state index in [1.54, 1.807) is 36.8 Å². The van der Waals surface area contributed by atoms with Crippen molar-refractivity contribution in [1.29, 1.82) is 0 Å².